The van der Waals surface area contributed by atoms with Crippen LogP contribution < -0.4 is 9.47 Å². The summed E-state index contributed by atoms with van der Waals surface area (Å²) in [7, 11) is 0. The topological polar surface area (TPSA) is 44.8 Å². The largest absolute Gasteiger partial charge is 0.465 e. The van der Waals surface area contributed by atoms with Gasteiger partial charge in [0.25, 0.3) is 0 Å². The van der Waals surface area contributed by atoms with Crippen molar-refractivity contribution >= 4 is 28.6 Å². The molecule has 0 saturated carbocycles. The SMILES string of the molecule is CCC(C)(I)C(=O)Oc1ccc(OC(OCc2ccccc2)C(C)C)cc1. The van der Waals surface area contributed by atoms with Gasteiger partial charge in [-0.15, -0.1) is 0 Å². The van der Waals surface area contributed by atoms with E-state index in [1.165, 1.54) is 0 Å². The molecule has 27 heavy (non-hydrogen) atoms. The Morgan fingerprint density at radius 1 is 1.04 bits per heavy atom. The Hall–Kier alpha value is -1.60. The average molecular weight is 482 g/mol. The number of alkyl halides is 1. The number of hydrogen-bond donors (Lipinski definition) is 0. The van der Waals surface area contributed by atoms with Crippen molar-refractivity contribution in [3.8, 4) is 11.5 Å². The highest BCUT2D eigenvalue weighted by atomic mass is 127. The van der Waals surface area contributed by atoms with E-state index in [0.717, 1.165) is 5.56 Å². The monoisotopic (exact) mass is 482 g/mol. The molecule has 2 aromatic rings. The highest BCUT2D eigenvalue weighted by molar-refractivity contribution is 14.1. The van der Waals surface area contributed by atoms with Crippen LogP contribution in [0.1, 0.15) is 39.7 Å². The van der Waals surface area contributed by atoms with Gasteiger partial charge in [0.2, 0.25) is 6.29 Å². The number of halogens is 1. The molecule has 0 aliphatic rings. The molecule has 0 spiro atoms. The molecular weight excluding hydrogens is 455 g/mol. The van der Waals surface area contributed by atoms with Crippen molar-refractivity contribution in [1.82, 2.24) is 0 Å². The number of esters is 1. The first-order chi connectivity index (χ1) is 12.8. The quantitative estimate of drug-likeness (QED) is 0.150. The number of rotatable bonds is 9. The Labute approximate surface area is 175 Å². The highest BCUT2D eigenvalue weighted by Gasteiger charge is 2.29. The first-order valence-corrected chi connectivity index (χ1v) is 10.2. The fraction of sp³-hybridized carbons (Fsp3) is 0.409. The number of benzene rings is 2. The van der Waals surface area contributed by atoms with Crippen LogP contribution >= 0.6 is 22.6 Å². The van der Waals surface area contributed by atoms with Gasteiger partial charge in [-0.2, -0.15) is 0 Å². The molecule has 146 valence electrons. The molecule has 0 radical (unpaired) electrons. The third-order valence-corrected chi connectivity index (χ3v) is 5.38. The van der Waals surface area contributed by atoms with Gasteiger partial charge < -0.3 is 14.2 Å². The second-order valence-electron chi connectivity index (χ2n) is 6.94. The van der Waals surface area contributed by atoms with Crippen molar-refractivity contribution < 1.29 is 19.0 Å². The normalized spacial score (nSPS) is 14.4. The van der Waals surface area contributed by atoms with Crippen LogP contribution in [0, 0.1) is 5.92 Å². The summed E-state index contributed by atoms with van der Waals surface area (Å²) in [6, 6.07) is 17.1. The lowest BCUT2D eigenvalue weighted by atomic mass is 10.1. The molecule has 0 fully saturated rings. The van der Waals surface area contributed by atoms with E-state index in [1.807, 2.05) is 44.2 Å². The molecule has 0 N–H and O–H groups in total. The Kier molecular flexibility index (Phi) is 8.10. The summed E-state index contributed by atoms with van der Waals surface area (Å²) in [6.07, 6.45) is 0.346. The van der Waals surface area contributed by atoms with Gasteiger partial charge in [0.15, 0.2) is 0 Å². The second kappa shape index (κ2) is 10.1. The highest BCUT2D eigenvalue weighted by Crippen LogP contribution is 2.27. The molecule has 0 aliphatic carbocycles. The lowest BCUT2D eigenvalue weighted by molar-refractivity contribution is -0.136. The Morgan fingerprint density at radius 2 is 1.63 bits per heavy atom. The second-order valence-corrected chi connectivity index (χ2v) is 9.32. The molecular formula is C22H27IO4. The summed E-state index contributed by atoms with van der Waals surface area (Å²) in [5.74, 6) is 1.13. The van der Waals surface area contributed by atoms with E-state index in [0.29, 0.717) is 24.5 Å². The molecule has 0 bridgehead atoms. The summed E-state index contributed by atoms with van der Waals surface area (Å²) in [4.78, 5) is 12.2. The minimum Gasteiger partial charge on any atom is -0.465 e. The van der Waals surface area contributed by atoms with Crippen molar-refractivity contribution in [2.45, 2.75) is 50.4 Å². The maximum Gasteiger partial charge on any atom is 0.327 e. The molecule has 0 heterocycles. The predicted molar refractivity (Wildman–Crippen MR) is 115 cm³/mol. The van der Waals surface area contributed by atoms with Crippen LogP contribution in [0.25, 0.3) is 0 Å². The van der Waals surface area contributed by atoms with E-state index in [1.54, 1.807) is 24.3 Å². The molecule has 2 aromatic carbocycles. The molecule has 4 nitrogen and oxygen atoms in total. The molecule has 5 heteroatoms. The van der Waals surface area contributed by atoms with Crippen molar-refractivity contribution in [1.29, 1.82) is 0 Å². The van der Waals surface area contributed by atoms with Gasteiger partial charge in [-0.25, -0.2) is 0 Å². The van der Waals surface area contributed by atoms with Gasteiger partial charge in [0.1, 0.15) is 14.9 Å². The first-order valence-electron chi connectivity index (χ1n) is 9.15. The lowest BCUT2D eigenvalue weighted by Crippen LogP contribution is -2.31. The standard InChI is InChI=1S/C22H27IO4/c1-5-22(4,23)21(24)27-19-13-11-18(12-14-19)26-20(16(2)3)25-15-17-9-7-6-8-10-17/h6-14,16,20H,5,15H2,1-4H3. The summed E-state index contributed by atoms with van der Waals surface area (Å²) >= 11 is 2.12. The number of ether oxygens (including phenoxy) is 3. The van der Waals surface area contributed by atoms with E-state index in [-0.39, 0.29) is 18.2 Å². The van der Waals surface area contributed by atoms with Crippen LogP contribution in [0.5, 0.6) is 11.5 Å². The molecule has 2 rings (SSSR count). The van der Waals surface area contributed by atoms with Crippen LogP contribution in [0.4, 0.5) is 0 Å². The number of carbonyl (C=O) groups excluding carboxylic acids is 1. The van der Waals surface area contributed by atoms with Gasteiger partial charge >= 0.3 is 5.97 Å². The van der Waals surface area contributed by atoms with Crippen molar-refractivity contribution in [2.75, 3.05) is 0 Å². The van der Waals surface area contributed by atoms with Crippen molar-refractivity contribution in [3.63, 3.8) is 0 Å². The van der Waals surface area contributed by atoms with E-state index in [9.17, 15) is 4.79 Å². The zero-order valence-corrected chi connectivity index (χ0v) is 18.4. The Balaban J connectivity index is 1.95. The van der Waals surface area contributed by atoms with Crippen LogP contribution in [-0.2, 0) is 16.1 Å². The maximum atomic E-state index is 12.2. The number of hydrogen-bond acceptors (Lipinski definition) is 4. The van der Waals surface area contributed by atoms with Crippen LogP contribution in [0.2, 0.25) is 0 Å². The molecule has 2 unspecified atom stereocenters. The Bertz CT molecular complexity index is 711. The minimum atomic E-state index is -0.527. The zero-order valence-electron chi connectivity index (χ0n) is 16.3. The Morgan fingerprint density at radius 3 is 2.19 bits per heavy atom. The third kappa shape index (κ3) is 6.81. The van der Waals surface area contributed by atoms with Crippen LogP contribution in [0.3, 0.4) is 0 Å². The van der Waals surface area contributed by atoms with Gasteiger partial charge in [-0.3, -0.25) is 4.79 Å². The maximum absolute atomic E-state index is 12.2. The van der Waals surface area contributed by atoms with E-state index in [2.05, 4.69) is 36.4 Å². The molecule has 0 aromatic heterocycles. The average Bonchev–Trinajstić information content (AvgIpc) is 2.67. The summed E-state index contributed by atoms with van der Waals surface area (Å²) < 4.78 is 16.8. The summed E-state index contributed by atoms with van der Waals surface area (Å²) in [5.41, 5.74) is 1.10. The van der Waals surface area contributed by atoms with Gasteiger partial charge in [-0.1, -0.05) is 73.7 Å². The van der Waals surface area contributed by atoms with Gasteiger partial charge in [0.05, 0.1) is 6.61 Å². The zero-order chi connectivity index (χ0) is 19.9. The molecule has 0 saturated heterocycles. The summed E-state index contributed by atoms with van der Waals surface area (Å²) in [6.45, 7) is 8.43. The van der Waals surface area contributed by atoms with Crippen LogP contribution in [-0.4, -0.2) is 15.7 Å². The van der Waals surface area contributed by atoms with Gasteiger partial charge in [-0.05, 0) is 43.2 Å². The first kappa shape index (κ1) is 21.7. The smallest absolute Gasteiger partial charge is 0.327 e. The predicted octanol–water partition coefficient (Wildman–Crippen LogP) is 5.77. The molecule has 0 aliphatic heterocycles. The molecule has 2 atom stereocenters. The number of carbonyl (C=O) groups is 1. The van der Waals surface area contributed by atoms with Crippen molar-refractivity contribution in [2.24, 2.45) is 5.92 Å². The van der Waals surface area contributed by atoms with E-state index < -0.39 is 3.42 Å². The van der Waals surface area contributed by atoms with E-state index >= 15 is 0 Å². The van der Waals surface area contributed by atoms with Gasteiger partial charge in [0, 0.05) is 5.92 Å². The fourth-order valence-corrected chi connectivity index (χ4v) is 2.30. The van der Waals surface area contributed by atoms with Crippen LogP contribution in [0.15, 0.2) is 54.6 Å². The minimum absolute atomic E-state index is 0.190. The van der Waals surface area contributed by atoms with E-state index in [4.69, 9.17) is 14.2 Å². The molecule has 0 amide bonds. The third-order valence-electron chi connectivity index (χ3n) is 4.18. The van der Waals surface area contributed by atoms with Crippen molar-refractivity contribution in [3.05, 3.63) is 60.2 Å². The lowest BCUT2D eigenvalue weighted by Gasteiger charge is -2.23. The summed E-state index contributed by atoms with van der Waals surface area (Å²) in [5, 5.41) is 0. The fourth-order valence-electron chi connectivity index (χ4n) is 2.19.